The van der Waals surface area contributed by atoms with Crippen LogP contribution in [0.2, 0.25) is 5.02 Å². The van der Waals surface area contributed by atoms with Crippen molar-refractivity contribution < 1.29 is 9.47 Å². The lowest BCUT2D eigenvalue weighted by atomic mass is 9.94. The molecule has 31 heavy (non-hydrogen) atoms. The zero-order valence-corrected chi connectivity index (χ0v) is 20.1. The summed E-state index contributed by atoms with van der Waals surface area (Å²) in [5.41, 5.74) is 7.69. The molecule has 1 aromatic heterocycles. The number of hydrogen-bond donors (Lipinski definition) is 0. The van der Waals surface area contributed by atoms with Crippen LogP contribution < -0.4 is 9.47 Å². The van der Waals surface area contributed by atoms with Crippen LogP contribution in [0.4, 0.5) is 0 Å². The maximum Gasteiger partial charge on any atom is 0.130 e. The molecule has 0 bridgehead atoms. The molecule has 0 saturated carbocycles. The molecule has 0 unspecified atom stereocenters. The van der Waals surface area contributed by atoms with Crippen LogP contribution in [0.15, 0.2) is 42.5 Å². The van der Waals surface area contributed by atoms with E-state index in [1.807, 2.05) is 45.9 Å². The van der Waals surface area contributed by atoms with Crippen molar-refractivity contribution in [3.05, 3.63) is 75.4 Å². The van der Waals surface area contributed by atoms with Gasteiger partial charge >= 0.3 is 0 Å². The molecule has 0 aliphatic rings. The highest BCUT2D eigenvalue weighted by atomic mass is 35.5. The number of nitrogens with zero attached hydrogens (tertiary/aromatic N) is 1. The predicted octanol–water partition coefficient (Wildman–Crippen LogP) is 7.51. The lowest BCUT2D eigenvalue weighted by Gasteiger charge is -2.20. The maximum atomic E-state index is 6.23. The monoisotopic (exact) mass is 437 g/mol. The average Bonchev–Trinajstić information content (AvgIpc) is 2.74. The van der Waals surface area contributed by atoms with Crippen molar-refractivity contribution in [2.75, 3.05) is 0 Å². The zero-order valence-electron chi connectivity index (χ0n) is 19.4. The normalized spacial score (nSPS) is 11.1. The Morgan fingerprint density at radius 2 is 1.65 bits per heavy atom. The molecule has 3 aromatic rings. The van der Waals surface area contributed by atoms with Gasteiger partial charge in [-0.3, -0.25) is 4.98 Å². The van der Waals surface area contributed by atoms with Gasteiger partial charge in [-0.2, -0.15) is 0 Å². The van der Waals surface area contributed by atoms with Crippen molar-refractivity contribution >= 4 is 11.6 Å². The van der Waals surface area contributed by atoms with Gasteiger partial charge in [-0.05, 0) is 75.4 Å². The zero-order chi connectivity index (χ0) is 22.5. The fraction of sp³-hybridized carbons (Fsp3) is 0.370. The van der Waals surface area contributed by atoms with E-state index < -0.39 is 0 Å². The Morgan fingerprint density at radius 1 is 0.968 bits per heavy atom. The summed E-state index contributed by atoms with van der Waals surface area (Å²) in [6.07, 6.45) is 1.98. The molecule has 0 fully saturated rings. The summed E-state index contributed by atoms with van der Waals surface area (Å²) in [6.45, 7) is 12.8. The van der Waals surface area contributed by atoms with E-state index in [-0.39, 0.29) is 6.10 Å². The number of halogens is 1. The van der Waals surface area contributed by atoms with Crippen LogP contribution in [-0.4, -0.2) is 11.1 Å². The first-order valence-corrected chi connectivity index (χ1v) is 11.4. The van der Waals surface area contributed by atoms with Crippen LogP contribution in [0, 0.1) is 13.8 Å². The quantitative estimate of drug-likeness (QED) is 0.365. The Bertz CT molecular complexity index is 1040. The second-order valence-corrected chi connectivity index (χ2v) is 8.50. The van der Waals surface area contributed by atoms with Crippen LogP contribution in [0.25, 0.3) is 11.3 Å². The van der Waals surface area contributed by atoms with Crippen molar-refractivity contribution in [1.82, 2.24) is 4.98 Å². The molecular formula is C27H32ClNO2. The maximum absolute atomic E-state index is 6.23. The standard InChI is InChI=1S/C27H32ClNO2/c1-7-20-10-9-11-21(8-2)27(20)25-15-26(31-17(3)4)23(19(6)29-25)16-30-22-12-13-24(28)18(5)14-22/h9-15,17H,7-8,16H2,1-6H3. The van der Waals surface area contributed by atoms with E-state index in [0.717, 1.165) is 51.9 Å². The molecule has 0 aliphatic heterocycles. The summed E-state index contributed by atoms with van der Waals surface area (Å²) in [6, 6.07) is 14.3. The van der Waals surface area contributed by atoms with Gasteiger partial charge in [-0.25, -0.2) is 0 Å². The first-order chi connectivity index (χ1) is 14.8. The summed E-state index contributed by atoms with van der Waals surface area (Å²) in [5.74, 6) is 1.61. The van der Waals surface area contributed by atoms with E-state index in [0.29, 0.717) is 6.61 Å². The molecule has 0 spiro atoms. The Morgan fingerprint density at radius 3 is 2.23 bits per heavy atom. The first kappa shape index (κ1) is 23.1. The van der Waals surface area contributed by atoms with Crippen LogP contribution in [0.3, 0.4) is 0 Å². The van der Waals surface area contributed by atoms with Crippen LogP contribution in [0.5, 0.6) is 11.5 Å². The van der Waals surface area contributed by atoms with Gasteiger partial charge in [0.1, 0.15) is 18.1 Å². The molecule has 2 aromatic carbocycles. The van der Waals surface area contributed by atoms with Crippen molar-refractivity contribution in [3.8, 4) is 22.8 Å². The number of pyridine rings is 1. The molecular weight excluding hydrogens is 406 g/mol. The minimum atomic E-state index is 0.0539. The largest absolute Gasteiger partial charge is 0.490 e. The van der Waals surface area contributed by atoms with Crippen LogP contribution in [-0.2, 0) is 19.4 Å². The molecule has 0 saturated heterocycles. The van der Waals surface area contributed by atoms with Gasteiger partial charge in [0.15, 0.2) is 0 Å². The van der Waals surface area contributed by atoms with Crippen LogP contribution >= 0.6 is 11.6 Å². The third kappa shape index (κ3) is 5.40. The topological polar surface area (TPSA) is 31.4 Å². The molecule has 0 aliphatic carbocycles. The Balaban J connectivity index is 2.03. The highest BCUT2D eigenvalue weighted by molar-refractivity contribution is 6.31. The average molecular weight is 438 g/mol. The van der Waals surface area contributed by atoms with Crippen molar-refractivity contribution in [2.45, 2.75) is 67.1 Å². The molecule has 4 heteroatoms. The summed E-state index contributed by atoms with van der Waals surface area (Å²) in [5, 5.41) is 0.736. The molecule has 0 radical (unpaired) electrons. The minimum absolute atomic E-state index is 0.0539. The number of aryl methyl sites for hydroxylation is 4. The van der Waals surface area contributed by atoms with Crippen molar-refractivity contribution in [3.63, 3.8) is 0 Å². The molecule has 164 valence electrons. The Kier molecular flexibility index (Phi) is 7.61. The minimum Gasteiger partial charge on any atom is -0.490 e. The van der Waals surface area contributed by atoms with Gasteiger partial charge in [-0.15, -0.1) is 0 Å². The fourth-order valence-corrected chi connectivity index (χ4v) is 3.88. The highest BCUT2D eigenvalue weighted by Gasteiger charge is 2.18. The van der Waals surface area contributed by atoms with E-state index in [2.05, 4.69) is 38.1 Å². The van der Waals surface area contributed by atoms with E-state index >= 15 is 0 Å². The predicted molar refractivity (Wildman–Crippen MR) is 129 cm³/mol. The number of benzene rings is 2. The molecule has 0 N–H and O–H groups in total. The molecule has 1 heterocycles. The fourth-order valence-electron chi connectivity index (χ4n) is 3.77. The van der Waals surface area contributed by atoms with Gasteiger partial charge in [0, 0.05) is 22.3 Å². The summed E-state index contributed by atoms with van der Waals surface area (Å²) in [4.78, 5) is 4.99. The summed E-state index contributed by atoms with van der Waals surface area (Å²) >= 11 is 6.14. The molecule has 3 rings (SSSR count). The van der Waals surface area contributed by atoms with E-state index in [1.54, 1.807) is 0 Å². The first-order valence-electron chi connectivity index (χ1n) is 11.0. The Labute approximate surface area is 191 Å². The Hall–Kier alpha value is -2.52. The van der Waals surface area contributed by atoms with Gasteiger partial charge in [-0.1, -0.05) is 43.6 Å². The SMILES string of the molecule is CCc1cccc(CC)c1-c1cc(OC(C)C)c(COc2ccc(Cl)c(C)c2)c(C)n1. The summed E-state index contributed by atoms with van der Waals surface area (Å²) < 4.78 is 12.3. The second kappa shape index (κ2) is 10.2. The van der Waals surface area contributed by atoms with E-state index in [1.165, 1.54) is 16.7 Å². The lowest BCUT2D eigenvalue weighted by molar-refractivity contribution is 0.229. The van der Waals surface area contributed by atoms with Crippen LogP contribution in [0.1, 0.15) is 55.6 Å². The number of aromatic nitrogens is 1. The number of hydrogen-bond acceptors (Lipinski definition) is 3. The number of rotatable bonds is 8. The second-order valence-electron chi connectivity index (χ2n) is 8.09. The third-order valence-corrected chi connectivity index (χ3v) is 5.84. The third-order valence-electron chi connectivity index (χ3n) is 5.42. The van der Waals surface area contributed by atoms with Gasteiger partial charge in [0.05, 0.1) is 17.4 Å². The highest BCUT2D eigenvalue weighted by Crippen LogP contribution is 2.34. The lowest BCUT2D eigenvalue weighted by Crippen LogP contribution is -2.11. The van der Waals surface area contributed by atoms with Crippen molar-refractivity contribution in [1.29, 1.82) is 0 Å². The summed E-state index contributed by atoms with van der Waals surface area (Å²) in [7, 11) is 0. The van der Waals surface area contributed by atoms with E-state index in [9.17, 15) is 0 Å². The smallest absolute Gasteiger partial charge is 0.130 e. The van der Waals surface area contributed by atoms with Crippen molar-refractivity contribution in [2.24, 2.45) is 0 Å². The van der Waals surface area contributed by atoms with Gasteiger partial charge in [0.2, 0.25) is 0 Å². The number of ether oxygens (including phenoxy) is 2. The molecule has 0 amide bonds. The van der Waals surface area contributed by atoms with Gasteiger partial charge < -0.3 is 9.47 Å². The molecule has 3 nitrogen and oxygen atoms in total. The van der Waals surface area contributed by atoms with E-state index in [4.69, 9.17) is 26.1 Å². The van der Waals surface area contributed by atoms with Gasteiger partial charge in [0.25, 0.3) is 0 Å². The molecule has 0 atom stereocenters.